The van der Waals surface area contributed by atoms with Gasteiger partial charge in [-0.25, -0.2) is 0 Å². The number of anilines is 1. The summed E-state index contributed by atoms with van der Waals surface area (Å²) in [5.74, 6) is 0.626. The predicted molar refractivity (Wildman–Crippen MR) is 86.0 cm³/mol. The Kier molecular flexibility index (Phi) is 4.69. The molecule has 1 amide bonds. The van der Waals surface area contributed by atoms with Gasteiger partial charge >= 0.3 is 0 Å². The molecule has 4 N–H and O–H groups in total. The molecule has 21 heavy (non-hydrogen) atoms. The van der Waals surface area contributed by atoms with Crippen molar-refractivity contribution in [3.05, 3.63) is 23.1 Å². The molecule has 2 rings (SSSR count). The van der Waals surface area contributed by atoms with Gasteiger partial charge in [-0.2, -0.15) is 0 Å². The number of ether oxygens (including phenoxy) is 1. The van der Waals surface area contributed by atoms with Crippen LogP contribution >= 0.6 is 11.3 Å². The van der Waals surface area contributed by atoms with Crippen molar-refractivity contribution in [3.63, 3.8) is 0 Å². The third-order valence-electron chi connectivity index (χ3n) is 3.46. The second-order valence-corrected chi connectivity index (χ2v) is 6.27. The van der Waals surface area contributed by atoms with Gasteiger partial charge in [0.2, 0.25) is 0 Å². The van der Waals surface area contributed by atoms with E-state index >= 15 is 0 Å². The molecular formula is C15H20N2O3S. The second-order valence-electron chi connectivity index (χ2n) is 5.21. The monoisotopic (exact) mass is 308 g/mol. The number of carbonyl (C=O) groups excluding carboxylic acids is 1. The van der Waals surface area contributed by atoms with Crippen molar-refractivity contribution < 1.29 is 14.6 Å². The number of aliphatic hydroxyl groups is 1. The topological polar surface area (TPSA) is 84.6 Å². The third kappa shape index (κ3) is 3.11. The number of nitrogens with two attached hydrogens (primary N) is 1. The van der Waals surface area contributed by atoms with Crippen LogP contribution in [0.2, 0.25) is 0 Å². The first-order valence-electron chi connectivity index (χ1n) is 6.75. The van der Waals surface area contributed by atoms with Gasteiger partial charge < -0.3 is 20.9 Å². The molecule has 0 saturated heterocycles. The number of aliphatic hydroxyl groups excluding tert-OH is 1. The van der Waals surface area contributed by atoms with Crippen LogP contribution in [0.5, 0.6) is 5.75 Å². The van der Waals surface area contributed by atoms with E-state index in [0.29, 0.717) is 10.6 Å². The van der Waals surface area contributed by atoms with Crippen LogP contribution in [0.1, 0.15) is 23.5 Å². The molecule has 0 spiro atoms. The number of rotatable bonds is 5. The molecule has 1 aromatic carbocycles. The highest BCUT2D eigenvalue weighted by Gasteiger charge is 2.21. The van der Waals surface area contributed by atoms with Gasteiger partial charge in [-0.15, -0.1) is 11.3 Å². The van der Waals surface area contributed by atoms with Crippen LogP contribution in [0, 0.1) is 5.92 Å². The highest BCUT2D eigenvalue weighted by Crippen LogP contribution is 2.35. The first-order valence-corrected chi connectivity index (χ1v) is 7.57. The van der Waals surface area contributed by atoms with E-state index in [1.807, 2.05) is 32.0 Å². The summed E-state index contributed by atoms with van der Waals surface area (Å²) in [5.41, 5.74) is 6.54. The summed E-state index contributed by atoms with van der Waals surface area (Å²) >= 11 is 1.33. The number of carbonyl (C=O) groups is 1. The van der Waals surface area contributed by atoms with Gasteiger partial charge in [-0.1, -0.05) is 13.8 Å². The van der Waals surface area contributed by atoms with E-state index < -0.39 is 0 Å². The zero-order valence-corrected chi connectivity index (χ0v) is 13.2. The number of hydrogen-bond acceptors (Lipinski definition) is 5. The minimum Gasteiger partial charge on any atom is -0.497 e. The lowest BCUT2D eigenvalue weighted by molar-refractivity contribution is 0.0902. The van der Waals surface area contributed by atoms with E-state index in [1.54, 1.807) is 7.11 Å². The Hall–Kier alpha value is -1.79. The maximum absolute atomic E-state index is 12.3. The Morgan fingerprint density at radius 1 is 1.48 bits per heavy atom. The fourth-order valence-corrected chi connectivity index (χ4v) is 3.10. The number of hydrogen-bond donors (Lipinski definition) is 3. The molecule has 1 atom stereocenters. The number of thiophene rings is 1. The number of amides is 1. The fourth-order valence-electron chi connectivity index (χ4n) is 2.05. The summed E-state index contributed by atoms with van der Waals surface area (Å²) in [6.45, 7) is 3.79. The lowest BCUT2D eigenvalue weighted by Crippen LogP contribution is -2.41. The number of nitrogens with one attached hydrogen (secondary N) is 1. The quantitative estimate of drug-likeness (QED) is 0.791. The number of fused-ring (bicyclic) bond motifs is 1. The second kappa shape index (κ2) is 6.32. The highest BCUT2D eigenvalue weighted by atomic mass is 32.1. The standard InChI is InChI=1S/C15H20N2O3S/c1-8(2)11(7-18)17-15(19)14-13(16)10-5-4-9(20-3)6-12(10)21-14/h4-6,8,11,18H,7,16H2,1-3H3,(H,17,19). The molecule has 0 radical (unpaired) electrons. The maximum Gasteiger partial charge on any atom is 0.263 e. The minimum absolute atomic E-state index is 0.0952. The van der Waals surface area contributed by atoms with Crippen molar-refractivity contribution in [2.75, 3.05) is 19.5 Å². The lowest BCUT2D eigenvalue weighted by atomic mass is 10.1. The van der Waals surface area contributed by atoms with Gasteiger partial charge in [0.1, 0.15) is 10.6 Å². The Morgan fingerprint density at radius 2 is 2.19 bits per heavy atom. The average molecular weight is 308 g/mol. The largest absolute Gasteiger partial charge is 0.497 e. The Morgan fingerprint density at radius 3 is 2.76 bits per heavy atom. The van der Waals surface area contributed by atoms with Crippen molar-refractivity contribution in [3.8, 4) is 5.75 Å². The van der Waals surface area contributed by atoms with Gasteiger partial charge in [0.05, 0.1) is 25.4 Å². The summed E-state index contributed by atoms with van der Waals surface area (Å²) in [6, 6.07) is 5.25. The van der Waals surface area contributed by atoms with E-state index in [-0.39, 0.29) is 24.5 Å². The maximum atomic E-state index is 12.3. The molecule has 0 fully saturated rings. The molecule has 0 aliphatic heterocycles. The van der Waals surface area contributed by atoms with Crippen LogP contribution in [0.3, 0.4) is 0 Å². The number of methoxy groups -OCH3 is 1. The smallest absolute Gasteiger partial charge is 0.263 e. The molecule has 6 heteroatoms. The van der Waals surface area contributed by atoms with Crippen LogP contribution in [0.4, 0.5) is 5.69 Å². The van der Waals surface area contributed by atoms with Crippen LogP contribution in [-0.4, -0.2) is 30.8 Å². The van der Waals surface area contributed by atoms with Crippen molar-refractivity contribution in [2.24, 2.45) is 5.92 Å². The van der Waals surface area contributed by atoms with E-state index in [1.165, 1.54) is 11.3 Å². The predicted octanol–water partition coefficient (Wildman–Crippen LogP) is 2.24. The normalized spacial score (nSPS) is 12.6. The highest BCUT2D eigenvalue weighted by molar-refractivity contribution is 7.21. The Balaban J connectivity index is 2.33. The van der Waals surface area contributed by atoms with Crippen molar-refractivity contribution in [2.45, 2.75) is 19.9 Å². The fraction of sp³-hybridized carbons (Fsp3) is 0.400. The van der Waals surface area contributed by atoms with Crippen LogP contribution < -0.4 is 15.8 Å². The molecule has 0 aliphatic rings. The van der Waals surface area contributed by atoms with Crippen molar-refractivity contribution >= 4 is 33.0 Å². The van der Waals surface area contributed by atoms with E-state index in [2.05, 4.69) is 5.32 Å². The molecule has 0 bridgehead atoms. The summed E-state index contributed by atoms with van der Waals surface area (Å²) in [7, 11) is 1.60. The molecule has 2 aromatic rings. The van der Waals surface area contributed by atoms with Crippen LogP contribution in [0.25, 0.3) is 10.1 Å². The zero-order chi connectivity index (χ0) is 15.6. The molecule has 0 saturated carbocycles. The first kappa shape index (κ1) is 15.6. The lowest BCUT2D eigenvalue weighted by Gasteiger charge is -2.19. The SMILES string of the molecule is COc1ccc2c(N)c(C(=O)NC(CO)C(C)C)sc2c1. The van der Waals surface area contributed by atoms with Gasteiger partial charge in [0, 0.05) is 10.1 Å². The Bertz CT molecular complexity index is 652. The molecular weight excluding hydrogens is 288 g/mol. The third-order valence-corrected chi connectivity index (χ3v) is 4.63. The summed E-state index contributed by atoms with van der Waals surface area (Å²) in [5, 5.41) is 13.0. The molecule has 1 unspecified atom stereocenters. The van der Waals surface area contributed by atoms with Gasteiger partial charge in [-0.3, -0.25) is 4.79 Å². The molecule has 114 valence electrons. The number of nitrogen functional groups attached to an aromatic ring is 1. The summed E-state index contributed by atoms with van der Waals surface area (Å²) < 4.78 is 6.08. The molecule has 0 aliphatic carbocycles. The van der Waals surface area contributed by atoms with Crippen molar-refractivity contribution in [1.29, 1.82) is 0 Å². The summed E-state index contributed by atoms with van der Waals surface area (Å²) in [4.78, 5) is 12.8. The van der Waals surface area contributed by atoms with E-state index in [0.717, 1.165) is 15.8 Å². The molecule has 1 heterocycles. The molecule has 1 aromatic heterocycles. The van der Waals surface area contributed by atoms with Crippen LogP contribution in [0.15, 0.2) is 18.2 Å². The Labute approximate surface area is 127 Å². The summed E-state index contributed by atoms with van der Waals surface area (Å²) in [6.07, 6.45) is 0. The van der Waals surface area contributed by atoms with E-state index in [9.17, 15) is 9.90 Å². The van der Waals surface area contributed by atoms with Gasteiger partial charge in [-0.05, 0) is 24.1 Å². The van der Waals surface area contributed by atoms with Crippen molar-refractivity contribution in [1.82, 2.24) is 5.32 Å². The number of benzene rings is 1. The van der Waals surface area contributed by atoms with Crippen LogP contribution in [-0.2, 0) is 0 Å². The molecule has 5 nitrogen and oxygen atoms in total. The average Bonchev–Trinajstić information content (AvgIpc) is 2.80. The zero-order valence-electron chi connectivity index (χ0n) is 12.3. The minimum atomic E-state index is -0.281. The van der Waals surface area contributed by atoms with E-state index in [4.69, 9.17) is 10.5 Å². The first-order chi connectivity index (χ1) is 9.97. The van der Waals surface area contributed by atoms with Gasteiger partial charge in [0.15, 0.2) is 0 Å². The van der Waals surface area contributed by atoms with Gasteiger partial charge in [0.25, 0.3) is 5.91 Å².